The van der Waals surface area contributed by atoms with E-state index in [2.05, 4.69) is 26.1 Å². The standard InChI is InChI=1S/C11H10BrCl2N3/c1-6(2)10-15-16-11(14)17(10)9-4-3-7(13)5-8(9)12/h3-6H,1-2H3. The summed E-state index contributed by atoms with van der Waals surface area (Å²) in [7, 11) is 0. The third-order valence-corrected chi connectivity index (χ3v) is 3.43. The van der Waals surface area contributed by atoms with E-state index in [1.807, 2.05) is 36.6 Å². The Bertz CT molecular complexity index is 552. The molecule has 0 spiro atoms. The summed E-state index contributed by atoms with van der Waals surface area (Å²) in [6.45, 7) is 4.08. The molecule has 2 rings (SSSR count). The minimum absolute atomic E-state index is 0.234. The van der Waals surface area contributed by atoms with Crippen LogP contribution in [0.4, 0.5) is 0 Å². The van der Waals surface area contributed by atoms with Gasteiger partial charge in [0, 0.05) is 15.4 Å². The van der Waals surface area contributed by atoms with Crippen molar-refractivity contribution in [3.63, 3.8) is 0 Å². The van der Waals surface area contributed by atoms with Gasteiger partial charge in [0.05, 0.1) is 5.69 Å². The van der Waals surface area contributed by atoms with Gasteiger partial charge in [0.2, 0.25) is 5.28 Å². The van der Waals surface area contributed by atoms with E-state index >= 15 is 0 Å². The molecule has 0 radical (unpaired) electrons. The topological polar surface area (TPSA) is 30.7 Å². The Balaban J connectivity index is 2.63. The molecule has 0 amide bonds. The maximum absolute atomic E-state index is 6.07. The lowest BCUT2D eigenvalue weighted by Gasteiger charge is -2.11. The first-order valence-corrected chi connectivity index (χ1v) is 6.62. The average molecular weight is 335 g/mol. The Labute approximate surface area is 118 Å². The average Bonchev–Trinajstić information content (AvgIpc) is 2.60. The van der Waals surface area contributed by atoms with Crippen molar-refractivity contribution in [2.24, 2.45) is 0 Å². The molecule has 0 aliphatic heterocycles. The maximum atomic E-state index is 6.07. The number of aromatic nitrogens is 3. The Kier molecular flexibility index (Phi) is 3.76. The molecular weight excluding hydrogens is 325 g/mol. The van der Waals surface area contributed by atoms with E-state index in [1.165, 1.54) is 0 Å². The van der Waals surface area contributed by atoms with E-state index in [1.54, 1.807) is 0 Å². The zero-order chi connectivity index (χ0) is 12.6. The lowest BCUT2D eigenvalue weighted by atomic mass is 10.2. The number of hydrogen-bond donors (Lipinski definition) is 0. The van der Waals surface area contributed by atoms with Crippen LogP contribution < -0.4 is 0 Å². The van der Waals surface area contributed by atoms with Crippen LogP contribution in [-0.2, 0) is 0 Å². The molecule has 1 heterocycles. The summed E-state index contributed by atoms with van der Waals surface area (Å²) in [5, 5.41) is 8.99. The SMILES string of the molecule is CC(C)c1nnc(Cl)n1-c1ccc(Cl)cc1Br. The van der Waals surface area contributed by atoms with Gasteiger partial charge < -0.3 is 0 Å². The zero-order valence-electron chi connectivity index (χ0n) is 9.28. The number of benzene rings is 1. The van der Waals surface area contributed by atoms with Gasteiger partial charge in [-0.1, -0.05) is 25.4 Å². The van der Waals surface area contributed by atoms with Gasteiger partial charge in [-0.25, -0.2) is 0 Å². The van der Waals surface area contributed by atoms with Crippen molar-refractivity contribution in [3.8, 4) is 5.69 Å². The summed E-state index contributed by atoms with van der Waals surface area (Å²) in [5.74, 6) is 1.05. The van der Waals surface area contributed by atoms with E-state index in [-0.39, 0.29) is 5.92 Å². The van der Waals surface area contributed by atoms with Crippen LogP contribution in [0.5, 0.6) is 0 Å². The van der Waals surface area contributed by atoms with Crippen LogP contribution in [0.25, 0.3) is 5.69 Å². The first kappa shape index (κ1) is 12.9. The van der Waals surface area contributed by atoms with Crippen molar-refractivity contribution in [1.82, 2.24) is 14.8 Å². The van der Waals surface area contributed by atoms with Crippen molar-refractivity contribution in [3.05, 3.63) is 38.8 Å². The van der Waals surface area contributed by atoms with Gasteiger partial charge in [-0.2, -0.15) is 0 Å². The maximum Gasteiger partial charge on any atom is 0.229 e. The van der Waals surface area contributed by atoms with Crippen molar-refractivity contribution in [2.45, 2.75) is 19.8 Å². The summed E-state index contributed by atoms with van der Waals surface area (Å²) in [6, 6.07) is 5.51. The molecule has 90 valence electrons. The zero-order valence-corrected chi connectivity index (χ0v) is 12.4. The molecule has 2 aromatic rings. The third kappa shape index (κ3) is 2.49. The summed E-state index contributed by atoms with van der Waals surface area (Å²) >= 11 is 15.5. The third-order valence-electron chi connectivity index (χ3n) is 2.32. The fraction of sp³-hybridized carbons (Fsp3) is 0.273. The number of halogens is 3. The Morgan fingerprint density at radius 3 is 2.53 bits per heavy atom. The van der Waals surface area contributed by atoms with Crippen LogP contribution in [0, 0.1) is 0 Å². The highest BCUT2D eigenvalue weighted by molar-refractivity contribution is 9.10. The van der Waals surface area contributed by atoms with Crippen molar-refractivity contribution in [1.29, 1.82) is 0 Å². The molecule has 0 unspecified atom stereocenters. The molecule has 6 heteroatoms. The minimum Gasteiger partial charge on any atom is -0.268 e. The molecule has 3 nitrogen and oxygen atoms in total. The summed E-state index contributed by atoms with van der Waals surface area (Å²) in [5.41, 5.74) is 0.883. The molecule has 0 saturated heterocycles. The van der Waals surface area contributed by atoms with Gasteiger partial charge in [0.25, 0.3) is 0 Å². The number of rotatable bonds is 2. The van der Waals surface area contributed by atoms with Crippen LogP contribution in [0.2, 0.25) is 10.3 Å². The van der Waals surface area contributed by atoms with Crippen molar-refractivity contribution in [2.75, 3.05) is 0 Å². The fourth-order valence-electron chi connectivity index (χ4n) is 1.54. The quantitative estimate of drug-likeness (QED) is 0.811. The van der Waals surface area contributed by atoms with E-state index in [9.17, 15) is 0 Å². The second kappa shape index (κ2) is 4.96. The van der Waals surface area contributed by atoms with Crippen molar-refractivity contribution < 1.29 is 0 Å². The molecule has 1 aromatic heterocycles. The van der Waals surface area contributed by atoms with Gasteiger partial charge in [0.15, 0.2) is 0 Å². The van der Waals surface area contributed by atoms with E-state index in [4.69, 9.17) is 23.2 Å². The van der Waals surface area contributed by atoms with Crippen LogP contribution >= 0.6 is 39.1 Å². The number of hydrogen-bond acceptors (Lipinski definition) is 2. The lowest BCUT2D eigenvalue weighted by molar-refractivity contribution is 0.745. The van der Waals surface area contributed by atoms with Crippen LogP contribution in [0.3, 0.4) is 0 Å². The second-order valence-electron chi connectivity index (χ2n) is 3.91. The Morgan fingerprint density at radius 1 is 1.24 bits per heavy atom. The van der Waals surface area contributed by atoms with E-state index in [0.29, 0.717) is 10.3 Å². The molecule has 0 N–H and O–H groups in total. The molecular formula is C11H10BrCl2N3. The highest BCUT2D eigenvalue weighted by Gasteiger charge is 2.16. The van der Waals surface area contributed by atoms with Gasteiger partial charge in [-0.15, -0.1) is 10.2 Å². The molecule has 17 heavy (non-hydrogen) atoms. The smallest absolute Gasteiger partial charge is 0.229 e. The second-order valence-corrected chi connectivity index (χ2v) is 5.54. The van der Waals surface area contributed by atoms with Crippen LogP contribution in [0.1, 0.15) is 25.6 Å². The largest absolute Gasteiger partial charge is 0.268 e. The summed E-state index contributed by atoms with van der Waals surface area (Å²) in [6.07, 6.45) is 0. The molecule has 0 aliphatic rings. The van der Waals surface area contributed by atoms with Crippen LogP contribution in [-0.4, -0.2) is 14.8 Å². The molecule has 0 atom stereocenters. The monoisotopic (exact) mass is 333 g/mol. The predicted octanol–water partition coefficient (Wildman–Crippen LogP) is 4.46. The van der Waals surface area contributed by atoms with Gasteiger partial charge in [0.1, 0.15) is 5.82 Å². The molecule has 0 bridgehead atoms. The van der Waals surface area contributed by atoms with Crippen LogP contribution in [0.15, 0.2) is 22.7 Å². The van der Waals surface area contributed by atoms with Crippen molar-refractivity contribution >= 4 is 39.1 Å². The van der Waals surface area contributed by atoms with Gasteiger partial charge >= 0.3 is 0 Å². The van der Waals surface area contributed by atoms with Gasteiger partial charge in [-0.3, -0.25) is 4.57 Å². The first-order valence-electron chi connectivity index (χ1n) is 5.07. The highest BCUT2D eigenvalue weighted by atomic mass is 79.9. The lowest BCUT2D eigenvalue weighted by Crippen LogP contribution is -2.04. The molecule has 1 aromatic carbocycles. The summed E-state index contributed by atoms with van der Waals surface area (Å²) in [4.78, 5) is 0. The fourth-order valence-corrected chi connectivity index (χ4v) is 2.61. The first-order chi connectivity index (χ1) is 8.00. The normalized spacial score (nSPS) is 11.2. The minimum atomic E-state index is 0.234. The van der Waals surface area contributed by atoms with E-state index < -0.39 is 0 Å². The summed E-state index contributed by atoms with van der Waals surface area (Å²) < 4.78 is 2.67. The Hall–Kier alpha value is -0.580. The highest BCUT2D eigenvalue weighted by Crippen LogP contribution is 2.29. The number of nitrogens with zero attached hydrogens (tertiary/aromatic N) is 3. The molecule has 0 aliphatic carbocycles. The van der Waals surface area contributed by atoms with E-state index in [0.717, 1.165) is 16.0 Å². The van der Waals surface area contributed by atoms with Gasteiger partial charge in [-0.05, 0) is 45.7 Å². The predicted molar refractivity (Wildman–Crippen MR) is 73.2 cm³/mol. The molecule has 0 saturated carbocycles. The Morgan fingerprint density at radius 2 is 1.94 bits per heavy atom. The molecule has 0 fully saturated rings.